The average Bonchev–Trinajstić information content (AvgIpc) is 2.49. The highest BCUT2D eigenvalue weighted by Gasteiger charge is 2.18. The van der Waals surface area contributed by atoms with Crippen LogP contribution in [0.1, 0.15) is 38.3 Å². The van der Waals surface area contributed by atoms with Gasteiger partial charge in [0.05, 0.1) is 0 Å². The summed E-state index contributed by atoms with van der Waals surface area (Å²) >= 11 is 0. The van der Waals surface area contributed by atoms with E-state index < -0.39 is 5.60 Å². The fraction of sp³-hybridized carbons (Fsp3) is 0.632. The predicted molar refractivity (Wildman–Crippen MR) is 98.6 cm³/mol. The number of anilines is 1. The number of ether oxygens (including phenoxy) is 1. The number of hydrogen-bond acceptors (Lipinski definition) is 4. The Hall–Kier alpha value is -1.75. The second-order valence-electron chi connectivity index (χ2n) is 7.66. The first-order valence-corrected chi connectivity index (χ1v) is 8.73. The molecule has 5 heteroatoms. The van der Waals surface area contributed by atoms with Crippen molar-refractivity contribution in [1.82, 2.24) is 10.2 Å². The number of benzene rings is 1. The van der Waals surface area contributed by atoms with E-state index in [9.17, 15) is 4.79 Å². The minimum atomic E-state index is -0.440. The standard InChI is InChI=1S/C19H31N3O2/c1-19(2,3)24-18(23)20-10-6-11-22-12-9-15-7-8-17(21(4)5)13-16(15)14-22/h7-8,13H,6,9-12,14H2,1-5H3,(H,20,23). The SMILES string of the molecule is CN(C)c1ccc2c(c1)CN(CCCNC(=O)OC(C)(C)C)CC2. The summed E-state index contributed by atoms with van der Waals surface area (Å²) in [4.78, 5) is 16.2. The van der Waals surface area contributed by atoms with E-state index in [4.69, 9.17) is 4.74 Å². The first-order valence-electron chi connectivity index (χ1n) is 8.73. The molecule has 1 aromatic carbocycles. The highest BCUT2D eigenvalue weighted by molar-refractivity contribution is 5.67. The number of hydrogen-bond donors (Lipinski definition) is 1. The van der Waals surface area contributed by atoms with E-state index >= 15 is 0 Å². The topological polar surface area (TPSA) is 44.8 Å². The van der Waals surface area contributed by atoms with Crippen LogP contribution in [0.4, 0.5) is 10.5 Å². The normalized spacial score (nSPS) is 14.9. The summed E-state index contributed by atoms with van der Waals surface area (Å²) in [6, 6.07) is 6.74. The smallest absolute Gasteiger partial charge is 0.407 e. The van der Waals surface area contributed by atoms with Crippen molar-refractivity contribution in [2.24, 2.45) is 0 Å². The van der Waals surface area contributed by atoms with Crippen LogP contribution in [0.2, 0.25) is 0 Å². The van der Waals surface area contributed by atoms with Crippen molar-refractivity contribution < 1.29 is 9.53 Å². The summed E-state index contributed by atoms with van der Waals surface area (Å²) < 4.78 is 5.24. The fourth-order valence-electron chi connectivity index (χ4n) is 2.88. The van der Waals surface area contributed by atoms with Gasteiger partial charge in [0.1, 0.15) is 5.60 Å². The van der Waals surface area contributed by atoms with Gasteiger partial charge in [0.25, 0.3) is 0 Å². The van der Waals surface area contributed by atoms with Crippen LogP contribution in [0.25, 0.3) is 0 Å². The summed E-state index contributed by atoms with van der Waals surface area (Å²) in [6.07, 6.45) is 1.70. The van der Waals surface area contributed by atoms with Gasteiger partial charge in [-0.3, -0.25) is 4.90 Å². The Labute approximate surface area is 146 Å². The minimum Gasteiger partial charge on any atom is -0.444 e. The third-order valence-corrected chi connectivity index (χ3v) is 4.12. The first kappa shape index (κ1) is 18.6. The zero-order valence-electron chi connectivity index (χ0n) is 15.7. The van der Waals surface area contributed by atoms with Crippen molar-refractivity contribution in [3.05, 3.63) is 29.3 Å². The lowest BCUT2D eigenvalue weighted by molar-refractivity contribution is 0.0525. The zero-order valence-corrected chi connectivity index (χ0v) is 15.7. The van der Waals surface area contributed by atoms with Crippen LogP contribution in [-0.4, -0.2) is 50.3 Å². The molecule has 0 aliphatic carbocycles. The molecule has 1 aliphatic rings. The molecule has 0 aromatic heterocycles. The number of fused-ring (bicyclic) bond motifs is 1. The second kappa shape index (κ2) is 7.88. The number of rotatable bonds is 5. The summed E-state index contributed by atoms with van der Waals surface area (Å²) in [6.45, 7) is 9.33. The van der Waals surface area contributed by atoms with Crippen LogP contribution in [0.5, 0.6) is 0 Å². The molecular weight excluding hydrogens is 302 g/mol. The summed E-state index contributed by atoms with van der Waals surface area (Å²) in [5.41, 5.74) is 3.70. The molecule has 1 heterocycles. The lowest BCUT2D eigenvalue weighted by Gasteiger charge is -2.29. The maximum atomic E-state index is 11.6. The van der Waals surface area contributed by atoms with Gasteiger partial charge < -0.3 is 15.0 Å². The molecule has 24 heavy (non-hydrogen) atoms. The quantitative estimate of drug-likeness (QED) is 0.841. The van der Waals surface area contributed by atoms with Crippen LogP contribution in [0, 0.1) is 0 Å². The molecule has 1 N–H and O–H groups in total. The summed E-state index contributed by atoms with van der Waals surface area (Å²) in [5.74, 6) is 0. The molecule has 0 unspecified atom stereocenters. The lowest BCUT2D eigenvalue weighted by atomic mass is 9.98. The maximum Gasteiger partial charge on any atom is 0.407 e. The highest BCUT2D eigenvalue weighted by Crippen LogP contribution is 2.23. The van der Waals surface area contributed by atoms with Crippen molar-refractivity contribution in [2.75, 3.05) is 38.6 Å². The Morgan fingerprint density at radius 2 is 2.04 bits per heavy atom. The van der Waals surface area contributed by atoms with Crippen molar-refractivity contribution >= 4 is 11.8 Å². The van der Waals surface area contributed by atoms with E-state index in [0.717, 1.165) is 32.5 Å². The number of nitrogens with zero attached hydrogens (tertiary/aromatic N) is 2. The number of carbonyl (C=O) groups excluding carboxylic acids is 1. The molecule has 5 nitrogen and oxygen atoms in total. The maximum absolute atomic E-state index is 11.6. The molecule has 0 saturated heterocycles. The predicted octanol–water partition coefficient (Wildman–Crippen LogP) is 3.03. The number of alkyl carbamates (subject to hydrolysis) is 1. The van der Waals surface area contributed by atoms with Gasteiger partial charge in [-0.2, -0.15) is 0 Å². The van der Waals surface area contributed by atoms with E-state index in [0.29, 0.717) is 6.54 Å². The van der Waals surface area contributed by atoms with Gasteiger partial charge in [-0.1, -0.05) is 6.07 Å². The van der Waals surface area contributed by atoms with Crippen LogP contribution in [-0.2, 0) is 17.7 Å². The molecule has 0 radical (unpaired) electrons. The van der Waals surface area contributed by atoms with E-state index in [1.54, 1.807) is 0 Å². The molecular formula is C19H31N3O2. The Morgan fingerprint density at radius 1 is 1.29 bits per heavy atom. The highest BCUT2D eigenvalue weighted by atomic mass is 16.6. The van der Waals surface area contributed by atoms with Crippen LogP contribution < -0.4 is 10.2 Å². The molecule has 1 amide bonds. The summed E-state index contributed by atoms with van der Waals surface area (Å²) in [7, 11) is 4.15. The molecule has 0 atom stereocenters. The Bertz CT molecular complexity index is 564. The van der Waals surface area contributed by atoms with Crippen molar-refractivity contribution in [3.8, 4) is 0 Å². The van der Waals surface area contributed by atoms with E-state index in [2.05, 4.69) is 47.4 Å². The first-order chi connectivity index (χ1) is 11.2. The molecule has 0 fully saturated rings. The van der Waals surface area contributed by atoms with Crippen molar-refractivity contribution in [3.63, 3.8) is 0 Å². The minimum absolute atomic E-state index is 0.331. The monoisotopic (exact) mass is 333 g/mol. The van der Waals surface area contributed by atoms with E-state index in [1.807, 2.05) is 20.8 Å². The van der Waals surface area contributed by atoms with Gasteiger partial charge in [0.2, 0.25) is 0 Å². The molecule has 1 aliphatic heterocycles. The van der Waals surface area contributed by atoms with Gasteiger partial charge in [-0.05, 0) is 56.9 Å². The van der Waals surface area contributed by atoms with Gasteiger partial charge in [0.15, 0.2) is 0 Å². The van der Waals surface area contributed by atoms with Crippen LogP contribution in [0.15, 0.2) is 18.2 Å². The third-order valence-electron chi connectivity index (χ3n) is 4.12. The fourth-order valence-corrected chi connectivity index (χ4v) is 2.88. The van der Waals surface area contributed by atoms with E-state index in [-0.39, 0.29) is 6.09 Å². The van der Waals surface area contributed by atoms with Crippen molar-refractivity contribution in [2.45, 2.75) is 45.8 Å². The average molecular weight is 333 g/mol. The van der Waals surface area contributed by atoms with Gasteiger partial charge in [0, 0.05) is 46.0 Å². The largest absolute Gasteiger partial charge is 0.444 e. The van der Waals surface area contributed by atoms with Gasteiger partial charge in [-0.25, -0.2) is 4.79 Å². The lowest BCUT2D eigenvalue weighted by Crippen LogP contribution is -2.36. The molecule has 0 saturated carbocycles. The molecule has 134 valence electrons. The molecule has 1 aromatic rings. The number of amides is 1. The van der Waals surface area contributed by atoms with Gasteiger partial charge in [-0.15, -0.1) is 0 Å². The summed E-state index contributed by atoms with van der Waals surface area (Å²) in [5, 5.41) is 2.83. The number of nitrogens with one attached hydrogen (secondary N) is 1. The molecule has 2 rings (SSSR count). The zero-order chi connectivity index (χ0) is 17.7. The van der Waals surface area contributed by atoms with Gasteiger partial charge >= 0.3 is 6.09 Å². The van der Waals surface area contributed by atoms with E-state index in [1.165, 1.54) is 16.8 Å². The Morgan fingerprint density at radius 3 is 2.71 bits per heavy atom. The molecule has 0 spiro atoms. The van der Waals surface area contributed by atoms with Crippen LogP contribution in [0.3, 0.4) is 0 Å². The second-order valence-corrected chi connectivity index (χ2v) is 7.66. The molecule has 0 bridgehead atoms. The van der Waals surface area contributed by atoms with Crippen LogP contribution >= 0.6 is 0 Å². The third kappa shape index (κ3) is 5.71. The number of carbonyl (C=O) groups is 1. The van der Waals surface area contributed by atoms with Crippen molar-refractivity contribution in [1.29, 1.82) is 0 Å². The Kier molecular flexibility index (Phi) is 6.10. The Balaban J connectivity index is 1.76.